The Morgan fingerprint density at radius 3 is 2.46 bits per heavy atom. The third kappa shape index (κ3) is 6.21. The van der Waals surface area contributed by atoms with E-state index in [-0.39, 0.29) is 42.7 Å². The first-order valence-corrected chi connectivity index (χ1v) is 10.2. The lowest BCUT2D eigenvalue weighted by Gasteiger charge is -2.23. The van der Waals surface area contributed by atoms with Crippen molar-refractivity contribution in [3.63, 3.8) is 0 Å². The van der Waals surface area contributed by atoms with Gasteiger partial charge >= 0.3 is 10.1 Å². The van der Waals surface area contributed by atoms with Crippen LogP contribution in [0.25, 0.3) is 0 Å². The standard InChI is InChI=1S/C19H22FNO6S/c1-25-10-9-21(19(22)15-5-4-6-16(20)12-15)13-14-7-8-17(26-2)18(11-14)27-28(3,23)24/h4-8,11-12H,9-10,13H2,1-3H3. The second-order valence-corrected chi connectivity index (χ2v) is 7.58. The van der Waals surface area contributed by atoms with Crippen LogP contribution in [0.2, 0.25) is 0 Å². The lowest BCUT2D eigenvalue weighted by Crippen LogP contribution is -2.33. The van der Waals surface area contributed by atoms with Gasteiger partial charge in [0.15, 0.2) is 11.5 Å². The fraction of sp³-hybridized carbons (Fsp3) is 0.316. The molecule has 0 radical (unpaired) electrons. The Morgan fingerprint density at radius 1 is 1.11 bits per heavy atom. The lowest BCUT2D eigenvalue weighted by atomic mass is 10.1. The minimum atomic E-state index is -3.76. The van der Waals surface area contributed by atoms with E-state index in [1.54, 1.807) is 12.1 Å². The maximum atomic E-state index is 13.5. The van der Waals surface area contributed by atoms with Crippen LogP contribution >= 0.6 is 0 Å². The fourth-order valence-electron chi connectivity index (χ4n) is 2.53. The number of hydrogen-bond donors (Lipinski definition) is 0. The maximum absolute atomic E-state index is 13.5. The average molecular weight is 411 g/mol. The molecule has 0 fully saturated rings. The topological polar surface area (TPSA) is 82.1 Å². The number of halogens is 1. The van der Waals surface area contributed by atoms with Crippen molar-refractivity contribution in [2.45, 2.75) is 6.54 Å². The van der Waals surface area contributed by atoms with Crippen molar-refractivity contribution < 1.29 is 31.3 Å². The van der Waals surface area contributed by atoms with Gasteiger partial charge in [0.25, 0.3) is 5.91 Å². The van der Waals surface area contributed by atoms with Gasteiger partial charge in [0, 0.05) is 25.8 Å². The second-order valence-electron chi connectivity index (χ2n) is 6.00. The number of amides is 1. The van der Waals surface area contributed by atoms with Crippen LogP contribution in [-0.2, 0) is 21.4 Å². The molecular formula is C19H22FNO6S. The number of carbonyl (C=O) groups is 1. The highest BCUT2D eigenvalue weighted by Crippen LogP contribution is 2.29. The number of methoxy groups -OCH3 is 2. The highest BCUT2D eigenvalue weighted by Gasteiger charge is 2.18. The Hall–Kier alpha value is -2.65. The monoisotopic (exact) mass is 411 g/mol. The zero-order chi connectivity index (χ0) is 20.7. The maximum Gasteiger partial charge on any atom is 0.306 e. The minimum absolute atomic E-state index is 0.0207. The largest absolute Gasteiger partial charge is 0.493 e. The van der Waals surface area contributed by atoms with E-state index in [0.717, 1.165) is 12.3 Å². The SMILES string of the molecule is COCCN(Cc1ccc(OC)c(OS(C)(=O)=O)c1)C(=O)c1cccc(F)c1. The molecule has 0 aliphatic carbocycles. The molecule has 2 aromatic carbocycles. The minimum Gasteiger partial charge on any atom is -0.493 e. The summed E-state index contributed by atoms with van der Waals surface area (Å²) in [7, 11) is -0.854. The van der Waals surface area contributed by atoms with Gasteiger partial charge in [0.05, 0.1) is 20.0 Å². The van der Waals surface area contributed by atoms with E-state index in [1.807, 2.05) is 0 Å². The number of rotatable bonds is 9. The molecule has 0 atom stereocenters. The molecule has 0 bridgehead atoms. The van der Waals surface area contributed by atoms with Gasteiger partial charge in [-0.2, -0.15) is 8.42 Å². The Morgan fingerprint density at radius 2 is 1.86 bits per heavy atom. The van der Waals surface area contributed by atoms with Crippen LogP contribution in [0, 0.1) is 5.82 Å². The number of carbonyl (C=O) groups excluding carboxylic acids is 1. The van der Waals surface area contributed by atoms with Crippen molar-refractivity contribution in [2.24, 2.45) is 0 Å². The molecule has 0 unspecified atom stereocenters. The quantitative estimate of drug-likeness (QED) is 0.590. The van der Waals surface area contributed by atoms with Crippen LogP contribution < -0.4 is 8.92 Å². The first-order valence-electron chi connectivity index (χ1n) is 8.33. The molecule has 0 saturated heterocycles. The molecule has 0 N–H and O–H groups in total. The first kappa shape index (κ1) is 21.6. The van der Waals surface area contributed by atoms with E-state index in [0.29, 0.717) is 5.56 Å². The summed E-state index contributed by atoms with van der Waals surface area (Å²) in [5.41, 5.74) is 0.817. The third-order valence-corrected chi connectivity index (χ3v) is 4.25. The lowest BCUT2D eigenvalue weighted by molar-refractivity contribution is 0.0680. The molecule has 28 heavy (non-hydrogen) atoms. The van der Waals surface area contributed by atoms with Crippen molar-refractivity contribution >= 4 is 16.0 Å². The summed E-state index contributed by atoms with van der Waals surface area (Å²) in [5.74, 6) is -0.620. The van der Waals surface area contributed by atoms with Crippen LogP contribution in [0.5, 0.6) is 11.5 Å². The van der Waals surface area contributed by atoms with E-state index in [4.69, 9.17) is 13.7 Å². The molecule has 152 valence electrons. The average Bonchev–Trinajstić information content (AvgIpc) is 2.63. The van der Waals surface area contributed by atoms with E-state index in [9.17, 15) is 17.6 Å². The van der Waals surface area contributed by atoms with Crippen LogP contribution in [0.3, 0.4) is 0 Å². The summed E-state index contributed by atoms with van der Waals surface area (Å²) in [4.78, 5) is 14.3. The fourth-order valence-corrected chi connectivity index (χ4v) is 2.98. The first-order chi connectivity index (χ1) is 13.2. The van der Waals surface area contributed by atoms with Gasteiger partial charge in [-0.1, -0.05) is 12.1 Å². The predicted octanol–water partition coefficient (Wildman–Crippen LogP) is 2.46. The van der Waals surface area contributed by atoms with Gasteiger partial charge < -0.3 is 18.6 Å². The van der Waals surface area contributed by atoms with Crippen LogP contribution in [-0.4, -0.2) is 52.9 Å². The van der Waals surface area contributed by atoms with Crippen molar-refractivity contribution in [3.05, 3.63) is 59.4 Å². The molecule has 0 aromatic heterocycles. The zero-order valence-electron chi connectivity index (χ0n) is 15.8. The van der Waals surface area contributed by atoms with Gasteiger partial charge in [0.1, 0.15) is 5.82 Å². The Bertz CT molecular complexity index is 932. The van der Waals surface area contributed by atoms with E-state index in [2.05, 4.69) is 0 Å². The molecule has 0 saturated carbocycles. The zero-order valence-corrected chi connectivity index (χ0v) is 16.7. The van der Waals surface area contributed by atoms with Crippen LogP contribution in [0.4, 0.5) is 4.39 Å². The summed E-state index contributed by atoms with van der Waals surface area (Å²) in [6.07, 6.45) is 0.928. The Labute approximate surface area is 163 Å². The molecule has 9 heteroatoms. The molecule has 7 nitrogen and oxygen atoms in total. The van der Waals surface area contributed by atoms with E-state index >= 15 is 0 Å². The smallest absolute Gasteiger partial charge is 0.306 e. The molecule has 2 aromatic rings. The van der Waals surface area contributed by atoms with Crippen molar-refractivity contribution in [3.8, 4) is 11.5 Å². The predicted molar refractivity (Wildman–Crippen MR) is 101 cm³/mol. The molecular weight excluding hydrogens is 389 g/mol. The van der Waals surface area contributed by atoms with E-state index < -0.39 is 15.9 Å². The van der Waals surface area contributed by atoms with Crippen molar-refractivity contribution in [1.82, 2.24) is 4.90 Å². The molecule has 2 rings (SSSR count). The van der Waals surface area contributed by atoms with Gasteiger partial charge in [-0.05, 0) is 35.9 Å². The molecule has 0 spiro atoms. The molecule has 0 heterocycles. The normalized spacial score (nSPS) is 11.1. The summed E-state index contributed by atoms with van der Waals surface area (Å²) in [5, 5.41) is 0. The molecule has 0 aliphatic heterocycles. The third-order valence-electron chi connectivity index (χ3n) is 3.77. The highest BCUT2D eigenvalue weighted by atomic mass is 32.2. The Balaban J connectivity index is 2.31. The van der Waals surface area contributed by atoms with Crippen molar-refractivity contribution in [2.75, 3.05) is 33.6 Å². The van der Waals surface area contributed by atoms with Crippen molar-refractivity contribution in [1.29, 1.82) is 0 Å². The number of hydrogen-bond acceptors (Lipinski definition) is 6. The van der Waals surface area contributed by atoms with Crippen LogP contribution in [0.15, 0.2) is 42.5 Å². The highest BCUT2D eigenvalue weighted by molar-refractivity contribution is 7.86. The van der Waals surface area contributed by atoms with Gasteiger partial charge in [-0.25, -0.2) is 4.39 Å². The van der Waals surface area contributed by atoms with Gasteiger partial charge in [0.2, 0.25) is 0 Å². The van der Waals surface area contributed by atoms with Gasteiger partial charge in [-0.3, -0.25) is 4.79 Å². The molecule has 0 aliphatic rings. The van der Waals surface area contributed by atoms with Crippen LogP contribution in [0.1, 0.15) is 15.9 Å². The summed E-state index contributed by atoms with van der Waals surface area (Å²) >= 11 is 0. The van der Waals surface area contributed by atoms with Gasteiger partial charge in [-0.15, -0.1) is 0 Å². The second kappa shape index (κ2) is 9.52. The van der Waals surface area contributed by atoms with E-state index in [1.165, 1.54) is 43.4 Å². The molecule has 1 amide bonds. The summed E-state index contributed by atoms with van der Waals surface area (Å²) in [6.45, 7) is 0.687. The number of ether oxygens (including phenoxy) is 2. The summed E-state index contributed by atoms with van der Waals surface area (Å²) in [6, 6.07) is 10.1. The number of nitrogens with zero attached hydrogens (tertiary/aromatic N) is 1. The number of benzene rings is 2. The Kier molecular flexibility index (Phi) is 7.36. The summed E-state index contributed by atoms with van der Waals surface area (Å²) < 4.78 is 51.6.